The molecule has 0 radical (unpaired) electrons. The van der Waals surface area contributed by atoms with E-state index in [-0.39, 0.29) is 12.1 Å². The van der Waals surface area contributed by atoms with Gasteiger partial charge < -0.3 is 0 Å². The molecule has 0 saturated heterocycles. The largest absolute Gasteiger partial charge is 0.416 e. The maximum Gasteiger partial charge on any atom is 0.416 e. The second-order valence-corrected chi connectivity index (χ2v) is 3.30. The van der Waals surface area contributed by atoms with E-state index in [0.29, 0.717) is 5.06 Å². The van der Waals surface area contributed by atoms with Crippen molar-refractivity contribution < 1.29 is 31.6 Å². The van der Waals surface area contributed by atoms with Crippen LogP contribution >= 0.6 is 0 Å². The summed E-state index contributed by atoms with van der Waals surface area (Å²) in [5.41, 5.74) is -2.61. The Labute approximate surface area is 98.7 Å². The molecule has 0 bridgehead atoms. The van der Waals surface area contributed by atoms with Crippen molar-refractivity contribution in [3.63, 3.8) is 0 Å². The van der Waals surface area contributed by atoms with Gasteiger partial charge in [0.15, 0.2) is 0 Å². The highest BCUT2D eigenvalue weighted by Crippen LogP contribution is 2.31. The first kappa shape index (κ1) is 14.4. The number of benzene rings is 1. The smallest absolute Gasteiger partial charge is 0.274 e. The van der Waals surface area contributed by atoms with E-state index in [1.807, 2.05) is 0 Å². The normalized spacial score (nSPS) is 11.5. The van der Waals surface area contributed by atoms with Crippen molar-refractivity contribution in [1.29, 1.82) is 0 Å². The summed E-state index contributed by atoms with van der Waals surface area (Å²) in [4.78, 5) is 15.8. The van der Waals surface area contributed by atoms with Crippen molar-refractivity contribution in [2.24, 2.45) is 0 Å². The Bertz CT molecular complexity index is 449. The number of hydrogen-bond acceptors (Lipinski definition) is 2. The molecule has 1 amide bonds. The van der Waals surface area contributed by atoms with Crippen LogP contribution in [0.4, 0.5) is 22.0 Å². The Balaban J connectivity index is 3.30. The molecule has 18 heavy (non-hydrogen) atoms. The number of alkyl halides is 3. The summed E-state index contributed by atoms with van der Waals surface area (Å²) in [7, 11) is 2.14. The molecule has 1 aromatic carbocycles. The predicted octanol–water partition coefficient (Wildman–Crippen LogP) is 2.62. The van der Waals surface area contributed by atoms with Gasteiger partial charge in [0.05, 0.1) is 12.7 Å². The van der Waals surface area contributed by atoms with Crippen LogP contribution in [0.15, 0.2) is 12.1 Å². The van der Waals surface area contributed by atoms with Crippen LogP contribution in [0, 0.1) is 11.6 Å². The van der Waals surface area contributed by atoms with Gasteiger partial charge in [0, 0.05) is 7.05 Å². The van der Waals surface area contributed by atoms with Gasteiger partial charge in [-0.25, -0.2) is 13.8 Å². The third-order valence-electron chi connectivity index (χ3n) is 2.14. The van der Waals surface area contributed by atoms with Crippen LogP contribution in [0.5, 0.6) is 0 Å². The van der Waals surface area contributed by atoms with Gasteiger partial charge in [-0.2, -0.15) is 13.2 Å². The molecule has 3 nitrogen and oxygen atoms in total. The lowest BCUT2D eigenvalue weighted by atomic mass is 10.1. The van der Waals surface area contributed by atoms with Crippen LogP contribution in [-0.2, 0) is 11.0 Å². The number of hydrogen-bond donors (Lipinski definition) is 0. The molecule has 1 rings (SSSR count). The highest BCUT2D eigenvalue weighted by Gasteiger charge is 2.34. The van der Waals surface area contributed by atoms with Gasteiger partial charge in [-0.3, -0.25) is 9.63 Å². The molecular formula is C10H8F5NO2. The van der Waals surface area contributed by atoms with E-state index in [1.54, 1.807) is 0 Å². The maximum absolute atomic E-state index is 13.3. The fourth-order valence-electron chi connectivity index (χ4n) is 1.18. The topological polar surface area (TPSA) is 29.5 Å². The van der Waals surface area contributed by atoms with Crippen molar-refractivity contribution in [3.05, 3.63) is 34.9 Å². The first-order chi connectivity index (χ1) is 8.18. The molecule has 1 aromatic rings. The summed E-state index contributed by atoms with van der Waals surface area (Å²) in [5, 5.41) is 0.495. The Hall–Kier alpha value is -1.70. The Morgan fingerprint density at radius 1 is 1.22 bits per heavy atom. The van der Waals surface area contributed by atoms with Gasteiger partial charge >= 0.3 is 6.18 Å². The average molecular weight is 269 g/mol. The molecule has 0 atom stereocenters. The Kier molecular flexibility index (Phi) is 3.90. The highest BCUT2D eigenvalue weighted by atomic mass is 19.4. The number of rotatable bonds is 2. The third kappa shape index (κ3) is 2.76. The van der Waals surface area contributed by atoms with Gasteiger partial charge in [0.25, 0.3) is 5.91 Å². The SMILES string of the molecule is CON(C)C(=O)c1c(F)cc(C(F)(F)F)cc1F. The zero-order chi connectivity index (χ0) is 14.1. The minimum atomic E-state index is -4.89. The molecule has 0 saturated carbocycles. The molecule has 0 spiro atoms. The monoisotopic (exact) mass is 269 g/mol. The van der Waals surface area contributed by atoms with Crippen molar-refractivity contribution in [2.45, 2.75) is 6.18 Å². The quantitative estimate of drug-likeness (QED) is 0.610. The average Bonchev–Trinajstić information content (AvgIpc) is 2.25. The van der Waals surface area contributed by atoms with E-state index >= 15 is 0 Å². The number of halogens is 5. The number of carbonyl (C=O) groups excluding carboxylic acids is 1. The minimum Gasteiger partial charge on any atom is -0.274 e. The van der Waals surface area contributed by atoms with E-state index in [4.69, 9.17) is 0 Å². The van der Waals surface area contributed by atoms with E-state index < -0.39 is 34.8 Å². The number of hydroxylamine groups is 2. The second kappa shape index (κ2) is 4.89. The molecule has 8 heteroatoms. The molecule has 100 valence electrons. The summed E-state index contributed by atoms with van der Waals surface area (Å²) in [6.07, 6.45) is -4.89. The lowest BCUT2D eigenvalue weighted by molar-refractivity contribution is -0.138. The molecule has 0 aliphatic carbocycles. The van der Waals surface area contributed by atoms with Crippen molar-refractivity contribution in [1.82, 2.24) is 5.06 Å². The van der Waals surface area contributed by atoms with Crippen molar-refractivity contribution in [3.8, 4) is 0 Å². The number of carbonyl (C=O) groups is 1. The molecule has 0 aliphatic rings. The van der Waals surface area contributed by atoms with E-state index in [0.717, 1.165) is 14.2 Å². The zero-order valence-electron chi connectivity index (χ0n) is 9.31. The summed E-state index contributed by atoms with van der Waals surface area (Å²) in [6, 6.07) is 0.111. The summed E-state index contributed by atoms with van der Waals surface area (Å²) in [6.45, 7) is 0. The summed E-state index contributed by atoms with van der Waals surface area (Å²) in [5.74, 6) is -4.42. The van der Waals surface area contributed by atoms with Crippen LogP contribution < -0.4 is 0 Å². The summed E-state index contributed by atoms with van der Waals surface area (Å²) >= 11 is 0. The molecule has 0 aromatic heterocycles. The number of amides is 1. The van der Waals surface area contributed by atoms with Gasteiger partial charge in [-0.15, -0.1) is 0 Å². The molecule has 0 unspecified atom stereocenters. The molecular weight excluding hydrogens is 261 g/mol. The van der Waals surface area contributed by atoms with E-state index in [2.05, 4.69) is 4.84 Å². The van der Waals surface area contributed by atoms with Crippen molar-refractivity contribution in [2.75, 3.05) is 14.2 Å². The van der Waals surface area contributed by atoms with E-state index in [1.165, 1.54) is 0 Å². The fraction of sp³-hybridized carbons (Fsp3) is 0.300. The molecule has 0 heterocycles. The zero-order valence-corrected chi connectivity index (χ0v) is 9.31. The third-order valence-corrected chi connectivity index (χ3v) is 2.14. The summed E-state index contributed by atoms with van der Waals surface area (Å²) < 4.78 is 63.4. The van der Waals surface area contributed by atoms with Gasteiger partial charge in [-0.1, -0.05) is 0 Å². The fourth-order valence-corrected chi connectivity index (χ4v) is 1.18. The van der Waals surface area contributed by atoms with Gasteiger partial charge in [0.2, 0.25) is 0 Å². The Morgan fingerprint density at radius 2 is 1.67 bits per heavy atom. The van der Waals surface area contributed by atoms with Gasteiger partial charge in [-0.05, 0) is 12.1 Å². The van der Waals surface area contributed by atoms with Crippen LogP contribution in [0.3, 0.4) is 0 Å². The first-order valence-corrected chi connectivity index (χ1v) is 4.57. The van der Waals surface area contributed by atoms with Crippen molar-refractivity contribution >= 4 is 5.91 Å². The van der Waals surface area contributed by atoms with Gasteiger partial charge in [0.1, 0.15) is 17.2 Å². The lowest BCUT2D eigenvalue weighted by Gasteiger charge is -2.15. The first-order valence-electron chi connectivity index (χ1n) is 4.57. The number of nitrogens with zero attached hydrogens (tertiary/aromatic N) is 1. The molecule has 0 N–H and O–H groups in total. The molecule has 0 aliphatic heterocycles. The minimum absolute atomic E-state index is 0.0554. The van der Waals surface area contributed by atoms with E-state index in [9.17, 15) is 26.7 Å². The van der Waals surface area contributed by atoms with Crippen LogP contribution in [-0.4, -0.2) is 25.1 Å². The highest BCUT2D eigenvalue weighted by molar-refractivity contribution is 5.94. The second-order valence-electron chi connectivity index (χ2n) is 3.30. The van der Waals surface area contributed by atoms with Crippen LogP contribution in [0.25, 0.3) is 0 Å². The van der Waals surface area contributed by atoms with Crippen LogP contribution in [0.1, 0.15) is 15.9 Å². The van der Waals surface area contributed by atoms with Crippen LogP contribution in [0.2, 0.25) is 0 Å². The Morgan fingerprint density at radius 3 is 2.00 bits per heavy atom. The maximum atomic E-state index is 13.3. The lowest BCUT2D eigenvalue weighted by Crippen LogP contribution is -2.27. The predicted molar refractivity (Wildman–Crippen MR) is 50.5 cm³/mol. The molecule has 0 fully saturated rings. The standard InChI is InChI=1S/C10H8F5NO2/c1-16(18-2)9(17)8-6(11)3-5(4-7(8)12)10(13,14)15/h3-4H,1-2H3.